The normalized spacial score (nSPS) is 17.3. The van der Waals surface area contributed by atoms with Gasteiger partial charge in [0.1, 0.15) is 5.82 Å². The Labute approximate surface area is 149 Å². The molecule has 1 saturated carbocycles. The highest BCUT2D eigenvalue weighted by molar-refractivity contribution is 6.22. The van der Waals surface area contributed by atoms with Crippen molar-refractivity contribution in [1.82, 2.24) is 10.6 Å². The number of fused-ring (bicyclic) bond motifs is 1. The fourth-order valence-corrected chi connectivity index (χ4v) is 3.64. The molecule has 26 heavy (non-hydrogen) atoms. The molecule has 0 saturated heterocycles. The number of hydrogen-bond donors (Lipinski definition) is 2. The zero-order valence-corrected chi connectivity index (χ0v) is 14.0. The third kappa shape index (κ3) is 2.67. The maximum Gasteiger partial charge on any atom is 0.258 e. The lowest BCUT2D eigenvalue weighted by Gasteiger charge is -2.42. The zero-order chi connectivity index (χ0) is 18.3. The number of amides is 3. The minimum Gasteiger partial charge on any atom is -0.351 e. The summed E-state index contributed by atoms with van der Waals surface area (Å²) in [6, 6.07) is 10.9. The molecule has 1 heterocycles. The number of nitrogens with one attached hydrogen (secondary N) is 2. The van der Waals surface area contributed by atoms with Gasteiger partial charge in [0.25, 0.3) is 17.7 Å². The first-order valence-electron chi connectivity index (χ1n) is 8.52. The van der Waals surface area contributed by atoms with Crippen molar-refractivity contribution in [3.8, 4) is 0 Å². The van der Waals surface area contributed by atoms with Crippen LogP contribution < -0.4 is 10.6 Å². The first kappa shape index (κ1) is 16.4. The van der Waals surface area contributed by atoms with Gasteiger partial charge >= 0.3 is 0 Å². The maximum atomic E-state index is 13.2. The van der Waals surface area contributed by atoms with E-state index in [-0.39, 0.29) is 28.3 Å². The van der Waals surface area contributed by atoms with Crippen molar-refractivity contribution in [3.05, 3.63) is 70.5 Å². The summed E-state index contributed by atoms with van der Waals surface area (Å²) < 4.78 is 13.2. The number of benzene rings is 2. The first-order chi connectivity index (χ1) is 12.5. The Balaban J connectivity index is 1.50. The summed E-state index contributed by atoms with van der Waals surface area (Å²) in [6.07, 6.45) is 2.92. The lowest BCUT2D eigenvalue weighted by Crippen LogP contribution is -2.45. The van der Waals surface area contributed by atoms with E-state index in [0.29, 0.717) is 12.1 Å². The SMILES string of the molecule is O=C(NCC1(c2ccc(F)cc2)CCC1)c1ccc2c(c1)C(=O)NC2=O. The molecule has 1 aliphatic carbocycles. The van der Waals surface area contributed by atoms with Crippen LogP contribution in [0.1, 0.15) is 55.9 Å². The smallest absolute Gasteiger partial charge is 0.258 e. The van der Waals surface area contributed by atoms with Crippen LogP contribution in [-0.4, -0.2) is 24.3 Å². The molecule has 1 aliphatic heterocycles. The van der Waals surface area contributed by atoms with Gasteiger partial charge in [-0.05, 0) is 48.7 Å². The number of imide groups is 1. The largest absolute Gasteiger partial charge is 0.351 e. The van der Waals surface area contributed by atoms with Gasteiger partial charge in [0.05, 0.1) is 11.1 Å². The second kappa shape index (κ2) is 6.05. The minimum atomic E-state index is -0.485. The van der Waals surface area contributed by atoms with Crippen molar-refractivity contribution in [2.45, 2.75) is 24.7 Å². The summed E-state index contributed by atoms with van der Waals surface area (Å²) in [5, 5.41) is 5.13. The molecule has 2 aromatic rings. The van der Waals surface area contributed by atoms with Crippen molar-refractivity contribution in [3.63, 3.8) is 0 Å². The van der Waals surface area contributed by atoms with E-state index >= 15 is 0 Å². The molecule has 0 spiro atoms. The van der Waals surface area contributed by atoms with Crippen LogP contribution in [-0.2, 0) is 5.41 Å². The average Bonchev–Trinajstić information content (AvgIpc) is 2.89. The van der Waals surface area contributed by atoms with Crippen molar-refractivity contribution >= 4 is 17.7 Å². The Morgan fingerprint density at radius 2 is 1.73 bits per heavy atom. The molecule has 1 fully saturated rings. The van der Waals surface area contributed by atoms with Gasteiger partial charge in [0, 0.05) is 17.5 Å². The molecule has 0 radical (unpaired) electrons. The van der Waals surface area contributed by atoms with E-state index in [1.807, 2.05) is 0 Å². The van der Waals surface area contributed by atoms with Crippen molar-refractivity contribution in [2.24, 2.45) is 0 Å². The van der Waals surface area contributed by atoms with Crippen LogP contribution in [0.15, 0.2) is 42.5 Å². The van der Waals surface area contributed by atoms with E-state index in [1.54, 1.807) is 12.1 Å². The highest BCUT2D eigenvalue weighted by atomic mass is 19.1. The van der Waals surface area contributed by atoms with Crippen LogP contribution in [0.25, 0.3) is 0 Å². The molecule has 2 aliphatic rings. The molecular weight excluding hydrogens is 335 g/mol. The Morgan fingerprint density at radius 1 is 1.04 bits per heavy atom. The average molecular weight is 352 g/mol. The molecule has 132 valence electrons. The fourth-order valence-electron chi connectivity index (χ4n) is 3.64. The summed E-state index contributed by atoms with van der Waals surface area (Å²) in [7, 11) is 0. The number of carbonyl (C=O) groups is 3. The molecule has 3 amide bonds. The predicted molar refractivity (Wildman–Crippen MR) is 92.5 cm³/mol. The fraction of sp³-hybridized carbons (Fsp3) is 0.250. The van der Waals surface area contributed by atoms with Gasteiger partial charge in [-0.2, -0.15) is 0 Å². The van der Waals surface area contributed by atoms with E-state index in [9.17, 15) is 18.8 Å². The van der Waals surface area contributed by atoms with E-state index in [1.165, 1.54) is 30.3 Å². The van der Waals surface area contributed by atoms with Crippen LogP contribution in [0.2, 0.25) is 0 Å². The third-order valence-corrected chi connectivity index (χ3v) is 5.35. The molecule has 2 N–H and O–H groups in total. The lowest BCUT2D eigenvalue weighted by molar-refractivity contribution is 0.0878. The molecule has 4 rings (SSSR count). The van der Waals surface area contributed by atoms with Gasteiger partial charge in [-0.25, -0.2) is 4.39 Å². The minimum absolute atomic E-state index is 0.173. The third-order valence-electron chi connectivity index (χ3n) is 5.35. The number of rotatable bonds is 4. The second-order valence-electron chi connectivity index (χ2n) is 6.87. The van der Waals surface area contributed by atoms with Gasteiger partial charge in [0.15, 0.2) is 0 Å². The van der Waals surface area contributed by atoms with E-state index in [0.717, 1.165) is 24.8 Å². The summed E-state index contributed by atoms with van der Waals surface area (Å²) in [6.45, 7) is 0.444. The summed E-state index contributed by atoms with van der Waals surface area (Å²) in [5.74, 6) is -1.50. The number of carbonyl (C=O) groups excluding carboxylic acids is 3. The molecule has 6 heteroatoms. The molecular formula is C20H17FN2O3. The molecule has 0 unspecified atom stereocenters. The topological polar surface area (TPSA) is 75.3 Å². The van der Waals surface area contributed by atoms with Crippen molar-refractivity contribution in [2.75, 3.05) is 6.54 Å². The van der Waals surface area contributed by atoms with Gasteiger partial charge < -0.3 is 5.32 Å². The van der Waals surface area contributed by atoms with Crippen molar-refractivity contribution in [1.29, 1.82) is 0 Å². The van der Waals surface area contributed by atoms with Crippen LogP contribution in [0, 0.1) is 5.82 Å². The first-order valence-corrected chi connectivity index (χ1v) is 8.52. The number of halogens is 1. The molecule has 0 bridgehead atoms. The monoisotopic (exact) mass is 352 g/mol. The van der Waals surface area contributed by atoms with E-state index in [4.69, 9.17) is 0 Å². The van der Waals surface area contributed by atoms with Gasteiger partial charge in [-0.1, -0.05) is 18.6 Å². The van der Waals surface area contributed by atoms with Gasteiger partial charge in [0.2, 0.25) is 0 Å². The highest BCUT2D eigenvalue weighted by Gasteiger charge is 2.39. The number of hydrogen-bond acceptors (Lipinski definition) is 3. The van der Waals surface area contributed by atoms with Crippen LogP contribution in [0.4, 0.5) is 4.39 Å². The molecule has 0 atom stereocenters. The van der Waals surface area contributed by atoms with Crippen molar-refractivity contribution < 1.29 is 18.8 Å². The Kier molecular flexibility index (Phi) is 3.83. The quantitative estimate of drug-likeness (QED) is 0.831. The summed E-state index contributed by atoms with van der Waals surface area (Å²) in [4.78, 5) is 35.8. The highest BCUT2D eigenvalue weighted by Crippen LogP contribution is 2.43. The Morgan fingerprint density at radius 3 is 2.38 bits per heavy atom. The van der Waals surface area contributed by atoms with Gasteiger partial charge in [-0.15, -0.1) is 0 Å². The van der Waals surface area contributed by atoms with Crippen LogP contribution in [0.5, 0.6) is 0 Å². The second-order valence-corrected chi connectivity index (χ2v) is 6.87. The zero-order valence-electron chi connectivity index (χ0n) is 14.0. The molecule has 5 nitrogen and oxygen atoms in total. The van der Waals surface area contributed by atoms with E-state index < -0.39 is 11.8 Å². The molecule has 0 aromatic heterocycles. The Bertz CT molecular complexity index is 917. The van der Waals surface area contributed by atoms with Crippen LogP contribution in [0.3, 0.4) is 0 Å². The van der Waals surface area contributed by atoms with Crippen LogP contribution >= 0.6 is 0 Å². The standard InChI is InChI=1S/C20H17FN2O3/c21-14-5-3-13(4-6-14)20(8-1-9-20)11-22-17(24)12-2-7-15-16(10-12)19(26)23-18(15)25/h2-7,10H,1,8-9,11H2,(H,22,24)(H,23,25,26). The van der Waals surface area contributed by atoms with E-state index in [2.05, 4.69) is 10.6 Å². The van der Waals surface area contributed by atoms with Gasteiger partial charge in [-0.3, -0.25) is 19.7 Å². The summed E-state index contributed by atoms with van der Waals surface area (Å²) >= 11 is 0. The molecule has 2 aromatic carbocycles. The lowest BCUT2D eigenvalue weighted by atomic mass is 9.64. The Hall–Kier alpha value is -3.02. The maximum absolute atomic E-state index is 13.2. The predicted octanol–water partition coefficient (Wildman–Crippen LogP) is 2.56. The summed E-state index contributed by atoms with van der Waals surface area (Å²) in [5.41, 5.74) is 1.69.